The Balaban J connectivity index is 1.88. The lowest BCUT2D eigenvalue weighted by molar-refractivity contribution is 0.123. The molecule has 94 valence electrons. The average molecular weight is 255 g/mol. The van der Waals surface area contributed by atoms with Gasteiger partial charge in [0.1, 0.15) is 0 Å². The number of benzene rings is 1. The molecule has 1 N–H and O–H groups in total. The van der Waals surface area contributed by atoms with Crippen molar-refractivity contribution >= 4 is 17.3 Å². The normalized spacial score (nSPS) is 19.4. The van der Waals surface area contributed by atoms with E-state index in [1.54, 1.807) is 0 Å². The van der Waals surface area contributed by atoms with Crippen molar-refractivity contribution in [2.24, 2.45) is 0 Å². The zero-order valence-corrected chi connectivity index (χ0v) is 10.9. The van der Waals surface area contributed by atoms with E-state index < -0.39 is 0 Å². The van der Waals surface area contributed by atoms with Gasteiger partial charge in [-0.05, 0) is 31.2 Å². The van der Waals surface area contributed by atoms with Gasteiger partial charge in [-0.3, -0.25) is 4.90 Å². The summed E-state index contributed by atoms with van der Waals surface area (Å²) in [5.74, 6) is 0. The Morgan fingerprint density at radius 3 is 2.29 bits per heavy atom. The quantitative estimate of drug-likeness (QED) is 0.892. The Kier molecular flexibility index (Phi) is 4.26. The van der Waals surface area contributed by atoms with Gasteiger partial charge in [0.25, 0.3) is 0 Å². The monoisotopic (exact) mass is 254 g/mol. The van der Waals surface area contributed by atoms with Crippen LogP contribution in [0.25, 0.3) is 0 Å². The highest BCUT2D eigenvalue weighted by atomic mass is 35.5. The minimum absolute atomic E-state index is 0.239. The molecule has 2 rings (SSSR count). The van der Waals surface area contributed by atoms with Gasteiger partial charge >= 0.3 is 0 Å². The maximum Gasteiger partial charge on any atom is 0.0639 e. The molecular formula is C13H19ClN2O. The number of hydrogen-bond acceptors (Lipinski definition) is 3. The summed E-state index contributed by atoms with van der Waals surface area (Å²) in [5.41, 5.74) is 1.23. The minimum Gasteiger partial charge on any atom is -0.392 e. The third-order valence-corrected chi connectivity index (χ3v) is 3.34. The first-order chi connectivity index (χ1) is 8.15. The summed E-state index contributed by atoms with van der Waals surface area (Å²) >= 11 is 5.88. The van der Waals surface area contributed by atoms with Crippen LogP contribution in [0.3, 0.4) is 0 Å². The molecule has 1 aliphatic rings. The second-order valence-corrected chi connectivity index (χ2v) is 5.05. The SMILES string of the molecule is C[C@@H](O)CN1CCN(c2ccc(Cl)cc2)CC1. The van der Waals surface area contributed by atoms with Gasteiger partial charge in [0, 0.05) is 43.4 Å². The van der Waals surface area contributed by atoms with Crippen LogP contribution < -0.4 is 4.90 Å². The van der Waals surface area contributed by atoms with Gasteiger partial charge in [-0.2, -0.15) is 0 Å². The smallest absolute Gasteiger partial charge is 0.0639 e. The summed E-state index contributed by atoms with van der Waals surface area (Å²) in [4.78, 5) is 4.66. The fourth-order valence-corrected chi connectivity index (χ4v) is 2.34. The Labute approximate surface area is 108 Å². The molecule has 1 aromatic rings. The maximum atomic E-state index is 9.35. The molecule has 1 saturated heterocycles. The van der Waals surface area contributed by atoms with Crippen LogP contribution in [0.4, 0.5) is 5.69 Å². The number of β-amino-alcohol motifs (C(OH)–C–C–N with tert-alkyl or cyclic N) is 1. The molecule has 1 heterocycles. The second kappa shape index (κ2) is 5.71. The first-order valence-electron chi connectivity index (χ1n) is 6.06. The fraction of sp³-hybridized carbons (Fsp3) is 0.538. The average Bonchev–Trinajstić information content (AvgIpc) is 2.30. The number of rotatable bonds is 3. The Morgan fingerprint density at radius 1 is 1.18 bits per heavy atom. The molecule has 1 atom stereocenters. The van der Waals surface area contributed by atoms with Crippen LogP contribution >= 0.6 is 11.6 Å². The molecule has 0 amide bonds. The van der Waals surface area contributed by atoms with Gasteiger partial charge in [0.05, 0.1) is 6.10 Å². The summed E-state index contributed by atoms with van der Waals surface area (Å²) in [6, 6.07) is 7.98. The van der Waals surface area contributed by atoms with Crippen LogP contribution in [0.15, 0.2) is 24.3 Å². The zero-order chi connectivity index (χ0) is 12.3. The van der Waals surface area contributed by atoms with Gasteiger partial charge in [-0.1, -0.05) is 11.6 Å². The van der Waals surface area contributed by atoms with Crippen molar-refractivity contribution in [2.45, 2.75) is 13.0 Å². The van der Waals surface area contributed by atoms with Crippen LogP contribution in [0, 0.1) is 0 Å². The molecule has 1 fully saturated rings. The summed E-state index contributed by atoms with van der Waals surface area (Å²) in [5, 5.41) is 10.1. The molecule has 1 aromatic carbocycles. The van der Waals surface area contributed by atoms with Crippen LogP contribution in [0.5, 0.6) is 0 Å². The molecule has 1 aliphatic heterocycles. The molecule has 17 heavy (non-hydrogen) atoms. The molecule has 0 aromatic heterocycles. The van der Waals surface area contributed by atoms with Crippen molar-refractivity contribution in [3.63, 3.8) is 0 Å². The molecule has 3 nitrogen and oxygen atoms in total. The summed E-state index contributed by atoms with van der Waals surface area (Å²) in [7, 11) is 0. The van der Waals surface area contributed by atoms with E-state index in [9.17, 15) is 5.11 Å². The van der Waals surface area contributed by atoms with Crippen LogP contribution in [0.2, 0.25) is 5.02 Å². The lowest BCUT2D eigenvalue weighted by atomic mass is 10.2. The van der Waals surface area contributed by atoms with Crippen molar-refractivity contribution in [1.82, 2.24) is 4.90 Å². The van der Waals surface area contributed by atoms with Crippen molar-refractivity contribution in [3.05, 3.63) is 29.3 Å². The molecule has 0 radical (unpaired) electrons. The number of aliphatic hydroxyl groups is 1. The third kappa shape index (κ3) is 3.60. The Bertz CT molecular complexity index is 345. The predicted octanol–water partition coefficient (Wildman–Crippen LogP) is 1.84. The van der Waals surface area contributed by atoms with E-state index in [1.165, 1.54) is 5.69 Å². The molecule has 0 bridgehead atoms. The van der Waals surface area contributed by atoms with Crippen molar-refractivity contribution < 1.29 is 5.11 Å². The van der Waals surface area contributed by atoms with E-state index in [0.717, 1.165) is 37.7 Å². The van der Waals surface area contributed by atoms with Gasteiger partial charge in [-0.25, -0.2) is 0 Å². The summed E-state index contributed by atoms with van der Waals surface area (Å²) in [6.07, 6.45) is -0.239. The van der Waals surface area contributed by atoms with E-state index in [2.05, 4.69) is 21.9 Å². The zero-order valence-electron chi connectivity index (χ0n) is 10.1. The van der Waals surface area contributed by atoms with E-state index in [1.807, 2.05) is 19.1 Å². The molecule has 0 spiro atoms. The van der Waals surface area contributed by atoms with Gasteiger partial charge in [0.2, 0.25) is 0 Å². The van der Waals surface area contributed by atoms with Crippen LogP contribution in [-0.4, -0.2) is 48.8 Å². The van der Waals surface area contributed by atoms with E-state index in [4.69, 9.17) is 11.6 Å². The molecule has 0 aliphatic carbocycles. The van der Waals surface area contributed by atoms with E-state index in [0.29, 0.717) is 0 Å². The number of halogens is 1. The first kappa shape index (κ1) is 12.7. The predicted molar refractivity (Wildman–Crippen MR) is 71.8 cm³/mol. The molecule has 4 heteroatoms. The fourth-order valence-electron chi connectivity index (χ4n) is 2.21. The van der Waals surface area contributed by atoms with Crippen molar-refractivity contribution in [1.29, 1.82) is 0 Å². The van der Waals surface area contributed by atoms with Crippen molar-refractivity contribution in [3.8, 4) is 0 Å². The topological polar surface area (TPSA) is 26.7 Å². The highest BCUT2D eigenvalue weighted by Gasteiger charge is 2.17. The van der Waals surface area contributed by atoms with Crippen molar-refractivity contribution in [2.75, 3.05) is 37.6 Å². The number of anilines is 1. The summed E-state index contributed by atoms with van der Waals surface area (Å²) < 4.78 is 0. The number of piperazine rings is 1. The Morgan fingerprint density at radius 2 is 1.76 bits per heavy atom. The lowest BCUT2D eigenvalue weighted by Gasteiger charge is -2.36. The first-order valence-corrected chi connectivity index (χ1v) is 6.44. The molecule has 0 unspecified atom stereocenters. The molecular weight excluding hydrogens is 236 g/mol. The maximum absolute atomic E-state index is 9.35. The lowest BCUT2D eigenvalue weighted by Crippen LogP contribution is -2.48. The van der Waals surface area contributed by atoms with Crippen LogP contribution in [-0.2, 0) is 0 Å². The Hall–Kier alpha value is -0.770. The molecule has 0 saturated carbocycles. The highest BCUT2D eigenvalue weighted by Crippen LogP contribution is 2.19. The largest absolute Gasteiger partial charge is 0.392 e. The number of nitrogens with zero attached hydrogens (tertiary/aromatic N) is 2. The van der Waals surface area contributed by atoms with Gasteiger partial charge < -0.3 is 10.0 Å². The van der Waals surface area contributed by atoms with Crippen LogP contribution in [0.1, 0.15) is 6.92 Å². The number of aliphatic hydroxyl groups excluding tert-OH is 1. The van der Waals surface area contributed by atoms with E-state index in [-0.39, 0.29) is 6.10 Å². The standard InChI is InChI=1S/C13H19ClN2O/c1-11(17)10-15-6-8-16(9-7-15)13-4-2-12(14)3-5-13/h2-5,11,17H,6-10H2,1H3/t11-/m1/s1. The number of hydrogen-bond donors (Lipinski definition) is 1. The van der Waals surface area contributed by atoms with E-state index >= 15 is 0 Å². The second-order valence-electron chi connectivity index (χ2n) is 4.61. The van der Waals surface area contributed by atoms with Gasteiger partial charge in [-0.15, -0.1) is 0 Å². The van der Waals surface area contributed by atoms with Gasteiger partial charge in [0.15, 0.2) is 0 Å². The highest BCUT2D eigenvalue weighted by molar-refractivity contribution is 6.30. The minimum atomic E-state index is -0.239. The third-order valence-electron chi connectivity index (χ3n) is 3.09. The summed E-state index contributed by atoms with van der Waals surface area (Å²) in [6.45, 7) is 6.64.